The van der Waals surface area contributed by atoms with Gasteiger partial charge < -0.3 is 5.32 Å². The highest BCUT2D eigenvalue weighted by Gasteiger charge is 2.06. The number of nitrogens with one attached hydrogen (secondary N) is 1. The second kappa shape index (κ2) is 6.79. The Kier molecular flexibility index (Phi) is 4.38. The van der Waals surface area contributed by atoms with Crippen molar-refractivity contribution in [3.8, 4) is 11.4 Å². The van der Waals surface area contributed by atoms with Crippen molar-refractivity contribution in [2.45, 2.75) is 6.42 Å². The summed E-state index contributed by atoms with van der Waals surface area (Å²) in [5.41, 5.74) is 2.03. The van der Waals surface area contributed by atoms with E-state index in [0.717, 1.165) is 5.56 Å². The molecule has 2 aromatic carbocycles. The second-order valence-corrected chi connectivity index (χ2v) is 5.02. The molecule has 0 aliphatic heterocycles. The molecule has 0 atom stereocenters. The van der Waals surface area contributed by atoms with Gasteiger partial charge >= 0.3 is 0 Å². The summed E-state index contributed by atoms with van der Waals surface area (Å²) >= 11 is 0. The van der Waals surface area contributed by atoms with Gasteiger partial charge in [-0.1, -0.05) is 42.5 Å². The summed E-state index contributed by atoms with van der Waals surface area (Å²) in [6.45, 7) is 0. The summed E-state index contributed by atoms with van der Waals surface area (Å²) in [4.78, 5) is 20.4. The molecule has 1 heterocycles. The zero-order valence-electron chi connectivity index (χ0n) is 12.2. The van der Waals surface area contributed by atoms with Gasteiger partial charge in [-0.05, 0) is 17.7 Å². The van der Waals surface area contributed by atoms with Crippen LogP contribution in [-0.4, -0.2) is 15.9 Å². The molecule has 4 nitrogen and oxygen atoms in total. The number of benzene rings is 2. The number of hydrogen-bond donors (Lipinski definition) is 1. The number of carbonyl (C=O) groups excluding carboxylic acids is 1. The summed E-state index contributed by atoms with van der Waals surface area (Å²) in [5.74, 6) is -0.00811. The molecule has 23 heavy (non-hydrogen) atoms. The first-order valence-corrected chi connectivity index (χ1v) is 7.12. The van der Waals surface area contributed by atoms with Crippen molar-refractivity contribution < 1.29 is 9.18 Å². The number of aromatic nitrogens is 2. The first-order chi connectivity index (χ1) is 11.2. The molecular weight excluding hydrogens is 293 g/mol. The Hall–Kier alpha value is -3.08. The lowest BCUT2D eigenvalue weighted by atomic mass is 10.1. The average Bonchev–Trinajstić information content (AvgIpc) is 2.56. The highest BCUT2D eigenvalue weighted by Crippen LogP contribution is 2.15. The quantitative estimate of drug-likeness (QED) is 0.803. The third-order valence-electron chi connectivity index (χ3n) is 3.22. The number of hydrogen-bond acceptors (Lipinski definition) is 3. The minimum absolute atomic E-state index is 0.0954. The van der Waals surface area contributed by atoms with Gasteiger partial charge in [-0.3, -0.25) is 4.79 Å². The number of anilines is 1. The molecule has 5 heteroatoms. The number of nitrogens with zero attached hydrogens (tertiary/aromatic N) is 2. The minimum atomic E-state index is -0.356. The van der Waals surface area contributed by atoms with E-state index >= 15 is 0 Å². The molecule has 0 radical (unpaired) electrons. The van der Waals surface area contributed by atoms with E-state index < -0.39 is 0 Å². The van der Waals surface area contributed by atoms with Gasteiger partial charge in [-0.15, -0.1) is 0 Å². The SMILES string of the molecule is O=C(Cc1cccc(F)c1)Nc1cnc(-c2ccccc2)nc1. The molecule has 114 valence electrons. The van der Waals surface area contributed by atoms with Gasteiger partial charge in [-0.2, -0.15) is 0 Å². The Bertz CT molecular complexity index is 804. The number of amides is 1. The smallest absolute Gasteiger partial charge is 0.228 e. The molecule has 0 aliphatic rings. The van der Waals surface area contributed by atoms with Gasteiger partial charge in [0.25, 0.3) is 0 Å². The number of halogens is 1. The molecule has 0 saturated carbocycles. The summed E-state index contributed by atoms with van der Waals surface area (Å²) in [6.07, 6.45) is 3.20. The van der Waals surface area contributed by atoms with Gasteiger partial charge in [0.1, 0.15) is 5.82 Å². The van der Waals surface area contributed by atoms with Gasteiger partial charge in [0.05, 0.1) is 24.5 Å². The zero-order chi connectivity index (χ0) is 16.1. The molecule has 1 N–H and O–H groups in total. The average molecular weight is 307 g/mol. The van der Waals surface area contributed by atoms with Crippen LogP contribution in [0.1, 0.15) is 5.56 Å². The lowest BCUT2D eigenvalue weighted by Gasteiger charge is -2.06. The molecule has 0 spiro atoms. The predicted octanol–water partition coefficient (Wildman–Crippen LogP) is 3.46. The van der Waals surface area contributed by atoms with Crippen LogP contribution in [0.4, 0.5) is 10.1 Å². The lowest BCUT2D eigenvalue weighted by molar-refractivity contribution is -0.115. The van der Waals surface area contributed by atoms with Crippen LogP contribution in [0.3, 0.4) is 0 Å². The third kappa shape index (κ3) is 3.97. The first kappa shape index (κ1) is 14.8. The Labute approximate surface area is 133 Å². The molecule has 3 aromatic rings. The van der Waals surface area contributed by atoms with Crippen molar-refractivity contribution in [2.75, 3.05) is 5.32 Å². The fraction of sp³-hybridized carbons (Fsp3) is 0.0556. The van der Waals surface area contributed by atoms with E-state index in [1.54, 1.807) is 24.5 Å². The molecule has 3 rings (SSSR count). The zero-order valence-corrected chi connectivity index (χ0v) is 12.2. The second-order valence-electron chi connectivity index (χ2n) is 5.02. The summed E-state index contributed by atoms with van der Waals surface area (Å²) in [5, 5.41) is 2.70. The van der Waals surface area contributed by atoms with Crippen LogP contribution in [0.2, 0.25) is 0 Å². The van der Waals surface area contributed by atoms with Crippen molar-refractivity contribution in [3.05, 3.63) is 78.4 Å². The third-order valence-corrected chi connectivity index (χ3v) is 3.22. The van der Waals surface area contributed by atoms with Gasteiger partial charge in [-0.25, -0.2) is 14.4 Å². The van der Waals surface area contributed by atoms with E-state index in [2.05, 4.69) is 15.3 Å². The van der Waals surface area contributed by atoms with Crippen molar-refractivity contribution in [2.24, 2.45) is 0 Å². The standard InChI is InChI=1S/C18H14FN3O/c19-15-8-4-5-13(9-15)10-17(23)22-16-11-20-18(21-12-16)14-6-2-1-3-7-14/h1-9,11-12H,10H2,(H,22,23). The molecule has 0 bridgehead atoms. The highest BCUT2D eigenvalue weighted by molar-refractivity contribution is 5.92. The fourth-order valence-corrected chi connectivity index (χ4v) is 2.17. The van der Waals surface area contributed by atoms with E-state index in [1.165, 1.54) is 12.1 Å². The van der Waals surface area contributed by atoms with Crippen molar-refractivity contribution in [1.29, 1.82) is 0 Å². The Morgan fingerprint density at radius 3 is 2.43 bits per heavy atom. The molecule has 0 saturated heterocycles. The predicted molar refractivity (Wildman–Crippen MR) is 86.2 cm³/mol. The maximum atomic E-state index is 13.1. The van der Waals surface area contributed by atoms with E-state index in [1.807, 2.05) is 30.3 Å². The van der Waals surface area contributed by atoms with Crippen LogP contribution in [0, 0.1) is 5.82 Å². The van der Waals surface area contributed by atoms with E-state index in [9.17, 15) is 9.18 Å². The van der Waals surface area contributed by atoms with Gasteiger partial charge in [0.15, 0.2) is 5.82 Å². The van der Waals surface area contributed by atoms with E-state index in [-0.39, 0.29) is 18.1 Å². The van der Waals surface area contributed by atoms with Crippen LogP contribution in [0.25, 0.3) is 11.4 Å². The van der Waals surface area contributed by atoms with Gasteiger partial charge in [0.2, 0.25) is 5.91 Å². The maximum Gasteiger partial charge on any atom is 0.228 e. The molecule has 1 amide bonds. The maximum absolute atomic E-state index is 13.1. The number of carbonyl (C=O) groups is 1. The Balaban J connectivity index is 1.65. The summed E-state index contributed by atoms with van der Waals surface area (Å²) in [6, 6.07) is 15.5. The molecule has 0 unspecified atom stereocenters. The van der Waals surface area contributed by atoms with Crippen molar-refractivity contribution >= 4 is 11.6 Å². The largest absolute Gasteiger partial charge is 0.323 e. The van der Waals surface area contributed by atoms with Crippen molar-refractivity contribution in [3.63, 3.8) is 0 Å². The highest BCUT2D eigenvalue weighted by atomic mass is 19.1. The van der Waals surface area contributed by atoms with Crippen LogP contribution in [0.5, 0.6) is 0 Å². The van der Waals surface area contributed by atoms with E-state index in [4.69, 9.17) is 0 Å². The van der Waals surface area contributed by atoms with E-state index in [0.29, 0.717) is 17.1 Å². The minimum Gasteiger partial charge on any atom is -0.323 e. The lowest BCUT2D eigenvalue weighted by Crippen LogP contribution is -2.14. The molecular formula is C18H14FN3O. The monoisotopic (exact) mass is 307 g/mol. The summed E-state index contributed by atoms with van der Waals surface area (Å²) in [7, 11) is 0. The van der Waals surface area contributed by atoms with Crippen molar-refractivity contribution in [1.82, 2.24) is 9.97 Å². The van der Waals surface area contributed by atoms with Crippen LogP contribution < -0.4 is 5.32 Å². The topological polar surface area (TPSA) is 54.9 Å². The molecule has 0 fully saturated rings. The molecule has 0 aliphatic carbocycles. The summed E-state index contributed by atoms with van der Waals surface area (Å²) < 4.78 is 13.1. The van der Waals surface area contributed by atoms with Gasteiger partial charge in [0, 0.05) is 5.56 Å². The fourth-order valence-electron chi connectivity index (χ4n) is 2.17. The van der Waals surface area contributed by atoms with Crippen LogP contribution in [0.15, 0.2) is 67.0 Å². The molecule has 1 aromatic heterocycles. The van der Waals surface area contributed by atoms with Crippen LogP contribution in [-0.2, 0) is 11.2 Å². The Morgan fingerprint density at radius 2 is 1.74 bits per heavy atom. The first-order valence-electron chi connectivity index (χ1n) is 7.12. The normalized spacial score (nSPS) is 10.3. The Morgan fingerprint density at radius 1 is 1.00 bits per heavy atom. The number of rotatable bonds is 4. The van der Waals surface area contributed by atoms with Crippen LogP contribution >= 0.6 is 0 Å².